The molecule has 0 spiro atoms. The Balaban J connectivity index is 1.93. The van der Waals surface area contributed by atoms with Gasteiger partial charge in [0.15, 0.2) is 5.96 Å². The van der Waals surface area contributed by atoms with Crippen LogP contribution in [0, 0.1) is 6.92 Å². The van der Waals surface area contributed by atoms with E-state index >= 15 is 0 Å². The summed E-state index contributed by atoms with van der Waals surface area (Å²) in [5.74, 6) is 0.852. The minimum absolute atomic E-state index is 0.413. The number of anilines is 1. The molecule has 92 valence electrons. The Morgan fingerprint density at radius 2 is 2.28 bits per heavy atom. The van der Waals surface area contributed by atoms with Crippen LogP contribution in [0.2, 0.25) is 0 Å². The molecule has 0 radical (unpaired) electrons. The van der Waals surface area contributed by atoms with Crippen molar-refractivity contribution in [2.24, 2.45) is 4.99 Å². The molecule has 2 heterocycles. The molecule has 2 N–H and O–H groups in total. The molecule has 0 saturated heterocycles. The summed E-state index contributed by atoms with van der Waals surface area (Å²) in [7, 11) is 0. The van der Waals surface area contributed by atoms with Gasteiger partial charge in [0.25, 0.3) is 0 Å². The summed E-state index contributed by atoms with van der Waals surface area (Å²) in [6, 6.07) is 8.65. The lowest BCUT2D eigenvalue weighted by atomic mass is 10.1. The van der Waals surface area contributed by atoms with E-state index in [-0.39, 0.29) is 0 Å². The van der Waals surface area contributed by atoms with Crippen molar-refractivity contribution in [3.8, 4) is 0 Å². The van der Waals surface area contributed by atoms with Crippen molar-refractivity contribution in [1.82, 2.24) is 10.3 Å². The van der Waals surface area contributed by atoms with Gasteiger partial charge < -0.3 is 10.6 Å². The third-order valence-corrected chi connectivity index (χ3v) is 3.06. The maximum absolute atomic E-state index is 4.40. The van der Waals surface area contributed by atoms with Gasteiger partial charge in [0.1, 0.15) is 0 Å². The Morgan fingerprint density at radius 3 is 3.06 bits per heavy atom. The van der Waals surface area contributed by atoms with Gasteiger partial charge in [0.05, 0.1) is 12.1 Å². The molecule has 4 heteroatoms. The molecule has 0 amide bonds. The number of fused-ring (bicyclic) bond motifs is 1. The number of benzene rings is 1. The molecule has 4 nitrogen and oxygen atoms in total. The summed E-state index contributed by atoms with van der Waals surface area (Å²) < 4.78 is 0. The van der Waals surface area contributed by atoms with E-state index in [2.05, 4.69) is 52.7 Å². The first-order valence-corrected chi connectivity index (χ1v) is 6.16. The van der Waals surface area contributed by atoms with E-state index < -0.39 is 0 Å². The Labute approximate surface area is 106 Å². The standard InChI is InChI=1S/C14H16N4/c1-9-6-12(18-14-16-8-10(2)17-14)7-11-4-3-5-15-13(9)11/h3-7,10H,8H2,1-2H3,(H2,16,17,18). The highest BCUT2D eigenvalue weighted by Crippen LogP contribution is 2.21. The minimum atomic E-state index is 0.413. The number of aryl methyl sites for hydroxylation is 1. The van der Waals surface area contributed by atoms with Crippen LogP contribution in [0.5, 0.6) is 0 Å². The summed E-state index contributed by atoms with van der Waals surface area (Å²) in [6.07, 6.45) is 1.83. The van der Waals surface area contributed by atoms with E-state index in [1.54, 1.807) is 0 Å². The van der Waals surface area contributed by atoms with Crippen LogP contribution in [0.3, 0.4) is 0 Å². The van der Waals surface area contributed by atoms with Crippen LogP contribution in [0.25, 0.3) is 10.9 Å². The number of aliphatic imine (C=N–C) groups is 1. The molecule has 0 bridgehead atoms. The highest BCUT2D eigenvalue weighted by Gasteiger charge is 2.12. The zero-order chi connectivity index (χ0) is 12.5. The quantitative estimate of drug-likeness (QED) is 0.804. The van der Waals surface area contributed by atoms with E-state index in [1.807, 2.05) is 12.3 Å². The molecule has 1 aliphatic rings. The van der Waals surface area contributed by atoms with Gasteiger partial charge in [0.2, 0.25) is 0 Å². The molecule has 1 aromatic heterocycles. The Kier molecular flexibility index (Phi) is 2.63. The number of pyridine rings is 1. The van der Waals surface area contributed by atoms with Crippen LogP contribution < -0.4 is 10.6 Å². The highest BCUT2D eigenvalue weighted by atomic mass is 15.2. The zero-order valence-corrected chi connectivity index (χ0v) is 10.6. The van der Waals surface area contributed by atoms with Crippen LogP contribution >= 0.6 is 0 Å². The third-order valence-electron chi connectivity index (χ3n) is 3.06. The number of hydrogen-bond acceptors (Lipinski definition) is 4. The van der Waals surface area contributed by atoms with Crippen LogP contribution in [0.15, 0.2) is 35.5 Å². The van der Waals surface area contributed by atoms with Crippen LogP contribution in [0.4, 0.5) is 5.69 Å². The van der Waals surface area contributed by atoms with Gasteiger partial charge in [-0.05, 0) is 37.6 Å². The van der Waals surface area contributed by atoms with Gasteiger partial charge in [-0.15, -0.1) is 0 Å². The zero-order valence-electron chi connectivity index (χ0n) is 10.6. The number of aromatic nitrogens is 1. The fourth-order valence-electron chi connectivity index (χ4n) is 2.21. The Morgan fingerprint density at radius 1 is 1.39 bits per heavy atom. The maximum Gasteiger partial charge on any atom is 0.196 e. The molecule has 0 aliphatic carbocycles. The van der Waals surface area contributed by atoms with Crippen molar-refractivity contribution in [3.63, 3.8) is 0 Å². The lowest BCUT2D eigenvalue weighted by molar-refractivity contribution is 0.725. The molecule has 18 heavy (non-hydrogen) atoms. The fraction of sp³-hybridized carbons (Fsp3) is 0.286. The van der Waals surface area contributed by atoms with Crippen molar-refractivity contribution in [3.05, 3.63) is 36.0 Å². The monoisotopic (exact) mass is 240 g/mol. The van der Waals surface area contributed by atoms with Crippen molar-refractivity contribution in [2.75, 3.05) is 11.9 Å². The second-order valence-corrected chi connectivity index (χ2v) is 4.73. The molecule has 2 aromatic rings. The van der Waals surface area contributed by atoms with E-state index in [9.17, 15) is 0 Å². The smallest absolute Gasteiger partial charge is 0.196 e. The highest BCUT2D eigenvalue weighted by molar-refractivity contribution is 5.97. The maximum atomic E-state index is 4.40. The summed E-state index contributed by atoms with van der Waals surface area (Å²) >= 11 is 0. The van der Waals surface area contributed by atoms with Gasteiger partial charge in [-0.3, -0.25) is 9.98 Å². The second kappa shape index (κ2) is 4.29. The number of nitrogens with zero attached hydrogens (tertiary/aromatic N) is 2. The van der Waals surface area contributed by atoms with Crippen molar-refractivity contribution in [2.45, 2.75) is 19.9 Å². The third kappa shape index (κ3) is 2.01. The molecule has 1 atom stereocenters. The average Bonchev–Trinajstić information content (AvgIpc) is 2.75. The van der Waals surface area contributed by atoms with Crippen molar-refractivity contribution < 1.29 is 0 Å². The molecular formula is C14H16N4. The van der Waals surface area contributed by atoms with Crippen molar-refractivity contribution >= 4 is 22.5 Å². The van der Waals surface area contributed by atoms with E-state index in [4.69, 9.17) is 0 Å². The lowest BCUT2D eigenvalue weighted by Gasteiger charge is -2.10. The predicted octanol–water partition coefficient (Wildman–Crippen LogP) is 2.30. The lowest BCUT2D eigenvalue weighted by Crippen LogP contribution is -2.32. The summed E-state index contributed by atoms with van der Waals surface area (Å²) in [4.78, 5) is 8.79. The number of rotatable bonds is 1. The molecule has 1 aromatic carbocycles. The van der Waals surface area contributed by atoms with Crippen molar-refractivity contribution in [1.29, 1.82) is 0 Å². The van der Waals surface area contributed by atoms with Gasteiger partial charge in [-0.2, -0.15) is 0 Å². The Hall–Kier alpha value is -2.10. The molecule has 0 fully saturated rings. The van der Waals surface area contributed by atoms with Gasteiger partial charge >= 0.3 is 0 Å². The normalized spacial score (nSPS) is 18.6. The number of hydrogen-bond donors (Lipinski definition) is 2. The number of guanidine groups is 1. The molecule has 1 aliphatic heterocycles. The summed E-state index contributed by atoms with van der Waals surface area (Å²) in [6.45, 7) is 5.03. The van der Waals surface area contributed by atoms with E-state index in [0.717, 1.165) is 29.1 Å². The molecule has 3 rings (SSSR count). The molecule has 1 unspecified atom stereocenters. The first kappa shape index (κ1) is 11.0. The first-order valence-electron chi connectivity index (χ1n) is 6.16. The summed E-state index contributed by atoms with van der Waals surface area (Å²) in [5.41, 5.74) is 3.27. The van der Waals surface area contributed by atoms with E-state index in [1.165, 1.54) is 5.56 Å². The van der Waals surface area contributed by atoms with Gasteiger partial charge in [-0.1, -0.05) is 6.07 Å². The average molecular weight is 240 g/mol. The second-order valence-electron chi connectivity index (χ2n) is 4.73. The fourth-order valence-corrected chi connectivity index (χ4v) is 2.21. The predicted molar refractivity (Wildman–Crippen MR) is 75.0 cm³/mol. The topological polar surface area (TPSA) is 49.3 Å². The molecule has 0 saturated carbocycles. The SMILES string of the molecule is Cc1cc(NC2=NCC(C)N2)cc2cccnc12. The largest absolute Gasteiger partial charge is 0.352 e. The van der Waals surface area contributed by atoms with E-state index in [0.29, 0.717) is 6.04 Å². The minimum Gasteiger partial charge on any atom is -0.352 e. The van der Waals surface area contributed by atoms with Gasteiger partial charge in [-0.25, -0.2) is 0 Å². The Bertz CT molecular complexity index is 618. The van der Waals surface area contributed by atoms with Crippen LogP contribution in [-0.4, -0.2) is 23.5 Å². The molecular weight excluding hydrogens is 224 g/mol. The van der Waals surface area contributed by atoms with Crippen LogP contribution in [0.1, 0.15) is 12.5 Å². The number of nitrogens with one attached hydrogen (secondary N) is 2. The van der Waals surface area contributed by atoms with Crippen LogP contribution in [-0.2, 0) is 0 Å². The summed E-state index contributed by atoms with van der Waals surface area (Å²) in [5, 5.41) is 7.75. The first-order chi connectivity index (χ1) is 8.72. The van der Waals surface area contributed by atoms with Gasteiger partial charge in [0, 0.05) is 23.3 Å².